The third kappa shape index (κ3) is 3.88. The van der Waals surface area contributed by atoms with Crippen LogP contribution >= 0.6 is 0 Å². The molecule has 1 N–H and O–H groups in total. The van der Waals surface area contributed by atoms with Crippen LogP contribution in [0.2, 0.25) is 0 Å². The van der Waals surface area contributed by atoms with E-state index in [1.807, 2.05) is 43.1 Å². The van der Waals surface area contributed by atoms with Crippen LogP contribution in [0.15, 0.2) is 48.5 Å². The predicted octanol–water partition coefficient (Wildman–Crippen LogP) is 3.81. The number of carbonyl (C=O) groups is 1. The van der Waals surface area contributed by atoms with Crippen LogP contribution in [0.4, 0.5) is 4.39 Å². The second-order valence-electron chi connectivity index (χ2n) is 6.11. The van der Waals surface area contributed by atoms with Crippen molar-refractivity contribution in [2.24, 2.45) is 0 Å². The molecular formula is C20H21FN2O2. The van der Waals surface area contributed by atoms with Crippen LogP contribution in [0.5, 0.6) is 5.75 Å². The molecule has 0 amide bonds. The van der Waals surface area contributed by atoms with Crippen molar-refractivity contribution in [3.8, 4) is 5.75 Å². The second-order valence-corrected chi connectivity index (χ2v) is 6.11. The standard InChI is InChI=1S/C20H21FN2O2/c1-14-20(15-7-3-5-9-17(15)22-14)18(24)13-23(2)11-12-25-19-10-6-4-8-16(19)21/h3-10,22H,11-13H2,1-2H3. The summed E-state index contributed by atoms with van der Waals surface area (Å²) in [7, 11) is 1.85. The van der Waals surface area contributed by atoms with Crippen molar-refractivity contribution in [2.45, 2.75) is 6.92 Å². The normalized spacial score (nSPS) is 11.2. The monoisotopic (exact) mass is 340 g/mol. The molecule has 0 saturated heterocycles. The number of Topliss-reactive ketones (excluding diaryl/α,β-unsaturated/α-hetero) is 1. The van der Waals surface area contributed by atoms with Gasteiger partial charge in [-0.05, 0) is 32.2 Å². The summed E-state index contributed by atoms with van der Waals surface area (Å²) in [6.45, 7) is 3.04. The van der Waals surface area contributed by atoms with Crippen molar-refractivity contribution in [1.82, 2.24) is 9.88 Å². The highest BCUT2D eigenvalue weighted by atomic mass is 19.1. The van der Waals surface area contributed by atoms with E-state index in [9.17, 15) is 9.18 Å². The number of halogens is 1. The average molecular weight is 340 g/mol. The number of hydrogen-bond acceptors (Lipinski definition) is 3. The second kappa shape index (κ2) is 7.49. The van der Waals surface area contributed by atoms with Crippen molar-refractivity contribution in [2.75, 3.05) is 26.7 Å². The maximum absolute atomic E-state index is 13.5. The summed E-state index contributed by atoms with van der Waals surface area (Å²) in [5.41, 5.74) is 2.58. The third-order valence-corrected chi connectivity index (χ3v) is 4.15. The topological polar surface area (TPSA) is 45.3 Å². The molecule has 2 aromatic carbocycles. The number of H-pyrrole nitrogens is 1. The number of fused-ring (bicyclic) bond motifs is 1. The molecule has 0 bridgehead atoms. The number of nitrogens with one attached hydrogen (secondary N) is 1. The van der Waals surface area contributed by atoms with Crippen molar-refractivity contribution in [3.05, 3.63) is 65.6 Å². The predicted molar refractivity (Wildman–Crippen MR) is 96.8 cm³/mol. The van der Waals surface area contributed by atoms with Gasteiger partial charge in [-0.3, -0.25) is 9.69 Å². The number of hydrogen-bond donors (Lipinski definition) is 1. The Bertz CT molecular complexity index is 888. The molecular weight excluding hydrogens is 319 g/mol. The van der Waals surface area contributed by atoms with E-state index in [1.54, 1.807) is 18.2 Å². The number of aromatic nitrogens is 1. The lowest BCUT2D eigenvalue weighted by Crippen LogP contribution is -2.30. The van der Waals surface area contributed by atoms with Crippen LogP contribution in [0.3, 0.4) is 0 Å². The van der Waals surface area contributed by atoms with Crippen molar-refractivity contribution >= 4 is 16.7 Å². The van der Waals surface area contributed by atoms with Gasteiger partial charge in [-0.15, -0.1) is 0 Å². The molecule has 130 valence electrons. The van der Waals surface area contributed by atoms with E-state index in [2.05, 4.69) is 4.98 Å². The molecule has 5 heteroatoms. The minimum Gasteiger partial charge on any atom is -0.489 e. The number of ether oxygens (including phenoxy) is 1. The first-order valence-electron chi connectivity index (χ1n) is 8.22. The van der Waals surface area contributed by atoms with Crippen LogP contribution in [0, 0.1) is 12.7 Å². The Hall–Kier alpha value is -2.66. The number of ketones is 1. The van der Waals surface area contributed by atoms with Crippen molar-refractivity contribution in [3.63, 3.8) is 0 Å². The van der Waals surface area contributed by atoms with E-state index in [4.69, 9.17) is 4.74 Å². The number of carbonyl (C=O) groups excluding carboxylic acids is 1. The van der Waals surface area contributed by atoms with Gasteiger partial charge >= 0.3 is 0 Å². The van der Waals surface area contributed by atoms with Gasteiger partial charge in [0.25, 0.3) is 0 Å². The lowest BCUT2D eigenvalue weighted by Gasteiger charge is -2.16. The van der Waals surface area contributed by atoms with E-state index in [0.29, 0.717) is 13.2 Å². The Kier molecular flexibility index (Phi) is 5.14. The Morgan fingerprint density at radius 3 is 2.68 bits per heavy atom. The van der Waals surface area contributed by atoms with E-state index < -0.39 is 0 Å². The summed E-state index contributed by atoms with van der Waals surface area (Å²) in [4.78, 5) is 17.8. The molecule has 0 saturated carbocycles. The molecule has 0 aliphatic rings. The number of likely N-dealkylation sites (N-methyl/N-ethyl adjacent to an activating group) is 1. The highest BCUT2D eigenvalue weighted by Crippen LogP contribution is 2.22. The Morgan fingerprint density at radius 1 is 1.16 bits per heavy atom. The molecule has 0 radical (unpaired) electrons. The van der Waals surface area contributed by atoms with Crippen LogP contribution in [-0.4, -0.2) is 42.4 Å². The highest BCUT2D eigenvalue weighted by Gasteiger charge is 2.17. The maximum atomic E-state index is 13.5. The quantitative estimate of drug-likeness (QED) is 0.665. The molecule has 0 aliphatic carbocycles. The summed E-state index contributed by atoms with van der Waals surface area (Å²) >= 11 is 0. The van der Waals surface area contributed by atoms with E-state index in [-0.39, 0.29) is 23.9 Å². The van der Waals surface area contributed by atoms with Gasteiger partial charge in [0.05, 0.1) is 6.54 Å². The van der Waals surface area contributed by atoms with Crippen LogP contribution < -0.4 is 4.74 Å². The van der Waals surface area contributed by atoms with Crippen molar-refractivity contribution in [1.29, 1.82) is 0 Å². The zero-order valence-corrected chi connectivity index (χ0v) is 14.4. The first-order chi connectivity index (χ1) is 12.1. The van der Waals surface area contributed by atoms with E-state index in [0.717, 1.165) is 22.2 Å². The Labute approximate surface area is 146 Å². The van der Waals surface area contributed by atoms with Gasteiger partial charge in [0.15, 0.2) is 17.3 Å². The molecule has 0 aliphatic heterocycles. The van der Waals surface area contributed by atoms with Gasteiger partial charge in [-0.2, -0.15) is 0 Å². The van der Waals surface area contributed by atoms with Gasteiger partial charge in [-0.1, -0.05) is 30.3 Å². The number of aryl methyl sites for hydroxylation is 1. The number of aromatic amines is 1. The first kappa shape index (κ1) is 17.2. The van der Waals surface area contributed by atoms with Crippen LogP contribution in [0.25, 0.3) is 10.9 Å². The van der Waals surface area contributed by atoms with Gasteiger partial charge in [-0.25, -0.2) is 4.39 Å². The summed E-state index contributed by atoms with van der Waals surface area (Å²) in [5.74, 6) is -0.0892. The van der Waals surface area contributed by atoms with Crippen LogP contribution in [0.1, 0.15) is 16.1 Å². The summed E-state index contributed by atoms with van der Waals surface area (Å²) in [6, 6.07) is 14.1. The summed E-state index contributed by atoms with van der Waals surface area (Å²) < 4.78 is 18.9. The number of para-hydroxylation sites is 2. The van der Waals surface area contributed by atoms with Gasteiger partial charge in [0.1, 0.15) is 6.61 Å². The molecule has 4 nitrogen and oxygen atoms in total. The molecule has 0 spiro atoms. The molecule has 0 fully saturated rings. The SMILES string of the molecule is Cc1[nH]c2ccccc2c1C(=O)CN(C)CCOc1ccccc1F. The van der Waals surface area contributed by atoms with Gasteiger partial charge < -0.3 is 9.72 Å². The minimum atomic E-state index is -0.379. The summed E-state index contributed by atoms with van der Waals surface area (Å²) in [5, 5.41) is 0.945. The number of benzene rings is 2. The maximum Gasteiger partial charge on any atom is 0.179 e. The molecule has 1 aromatic heterocycles. The summed E-state index contributed by atoms with van der Waals surface area (Å²) in [6.07, 6.45) is 0. The first-order valence-corrected chi connectivity index (χ1v) is 8.22. The number of rotatable bonds is 7. The Balaban J connectivity index is 1.59. The zero-order chi connectivity index (χ0) is 17.8. The lowest BCUT2D eigenvalue weighted by atomic mass is 10.1. The molecule has 3 rings (SSSR count). The van der Waals surface area contributed by atoms with Gasteiger partial charge in [0.2, 0.25) is 0 Å². The fourth-order valence-corrected chi connectivity index (χ4v) is 2.91. The molecule has 1 heterocycles. The average Bonchev–Trinajstić information content (AvgIpc) is 2.92. The largest absolute Gasteiger partial charge is 0.489 e. The third-order valence-electron chi connectivity index (χ3n) is 4.15. The Morgan fingerprint density at radius 2 is 1.88 bits per heavy atom. The lowest BCUT2D eigenvalue weighted by molar-refractivity contribution is 0.0938. The van der Waals surface area contributed by atoms with Gasteiger partial charge in [0, 0.05) is 28.7 Å². The van der Waals surface area contributed by atoms with Crippen LogP contribution in [-0.2, 0) is 0 Å². The fourth-order valence-electron chi connectivity index (χ4n) is 2.91. The minimum absolute atomic E-state index is 0.0586. The molecule has 25 heavy (non-hydrogen) atoms. The van der Waals surface area contributed by atoms with Crippen molar-refractivity contribution < 1.29 is 13.9 Å². The van der Waals surface area contributed by atoms with E-state index >= 15 is 0 Å². The number of nitrogens with zero attached hydrogens (tertiary/aromatic N) is 1. The molecule has 3 aromatic rings. The molecule has 0 atom stereocenters. The highest BCUT2D eigenvalue weighted by molar-refractivity contribution is 6.10. The zero-order valence-electron chi connectivity index (χ0n) is 14.4. The fraction of sp³-hybridized carbons (Fsp3) is 0.250. The van der Waals surface area contributed by atoms with E-state index in [1.165, 1.54) is 6.07 Å². The smallest absolute Gasteiger partial charge is 0.179 e. The molecule has 0 unspecified atom stereocenters.